The van der Waals surface area contributed by atoms with Crippen molar-refractivity contribution in [1.29, 1.82) is 0 Å². The lowest BCUT2D eigenvalue weighted by atomic mass is 10.1. The second-order valence-corrected chi connectivity index (χ2v) is 5.46. The molecule has 0 aliphatic carbocycles. The van der Waals surface area contributed by atoms with Gasteiger partial charge >= 0.3 is 0 Å². The van der Waals surface area contributed by atoms with Gasteiger partial charge in [0.05, 0.1) is 5.69 Å². The summed E-state index contributed by atoms with van der Waals surface area (Å²) in [6.07, 6.45) is 5.50. The third-order valence-electron chi connectivity index (χ3n) is 3.96. The van der Waals surface area contributed by atoms with E-state index >= 15 is 0 Å². The van der Waals surface area contributed by atoms with Crippen LogP contribution in [0.2, 0.25) is 0 Å². The Balaban J connectivity index is 1.52. The standard InChI is InChI=1S/C15H16N8O/c24-15(13-11-3-5-16-7-12(11)21-22-13)19-6-10-2-1-4-18-14(10)23-9-17-8-20-23/h1-2,4,8-9,16H,3,5-7H2,(H,19,24)(H,21,22). The van der Waals surface area contributed by atoms with Crippen molar-refractivity contribution in [2.75, 3.05) is 6.54 Å². The van der Waals surface area contributed by atoms with E-state index in [1.54, 1.807) is 17.2 Å². The Labute approximate surface area is 137 Å². The number of H-pyrrole nitrogens is 1. The number of nitrogens with one attached hydrogen (secondary N) is 3. The fraction of sp³-hybridized carbons (Fsp3) is 0.267. The number of nitrogens with zero attached hydrogens (tertiary/aromatic N) is 5. The van der Waals surface area contributed by atoms with Crippen LogP contribution in [-0.4, -0.2) is 42.4 Å². The number of pyridine rings is 1. The summed E-state index contributed by atoms with van der Waals surface area (Å²) in [5.74, 6) is 0.450. The molecular formula is C15H16N8O. The van der Waals surface area contributed by atoms with Gasteiger partial charge in [0.1, 0.15) is 12.7 Å². The molecule has 3 aromatic heterocycles. The summed E-state index contributed by atoms with van der Waals surface area (Å²) >= 11 is 0. The van der Waals surface area contributed by atoms with Gasteiger partial charge in [0.25, 0.3) is 5.91 Å². The molecule has 9 nitrogen and oxygen atoms in total. The van der Waals surface area contributed by atoms with Crippen LogP contribution in [0.1, 0.15) is 27.3 Å². The molecule has 0 radical (unpaired) electrons. The van der Waals surface area contributed by atoms with Gasteiger partial charge in [-0.15, -0.1) is 0 Å². The molecule has 0 bridgehead atoms. The molecule has 0 saturated carbocycles. The fourth-order valence-corrected chi connectivity index (χ4v) is 2.78. The number of carbonyl (C=O) groups is 1. The number of amides is 1. The highest BCUT2D eigenvalue weighted by atomic mass is 16.1. The SMILES string of the molecule is O=C(NCc1cccnc1-n1cncn1)c1n[nH]c2c1CCNC2. The minimum atomic E-state index is -0.192. The Morgan fingerprint density at radius 1 is 1.42 bits per heavy atom. The molecule has 1 amide bonds. The Morgan fingerprint density at radius 2 is 2.38 bits per heavy atom. The lowest BCUT2D eigenvalue weighted by Gasteiger charge is -2.13. The van der Waals surface area contributed by atoms with Crippen molar-refractivity contribution in [2.24, 2.45) is 0 Å². The molecule has 24 heavy (non-hydrogen) atoms. The van der Waals surface area contributed by atoms with Crippen molar-refractivity contribution >= 4 is 5.91 Å². The Bertz CT molecular complexity index is 854. The first-order valence-corrected chi connectivity index (χ1v) is 7.67. The zero-order chi connectivity index (χ0) is 16.4. The molecule has 0 aromatic carbocycles. The highest BCUT2D eigenvalue weighted by Crippen LogP contribution is 2.16. The van der Waals surface area contributed by atoms with E-state index in [4.69, 9.17) is 0 Å². The van der Waals surface area contributed by atoms with E-state index in [0.29, 0.717) is 24.6 Å². The van der Waals surface area contributed by atoms with Gasteiger partial charge in [0.15, 0.2) is 11.5 Å². The first-order valence-electron chi connectivity index (χ1n) is 7.67. The van der Waals surface area contributed by atoms with Crippen molar-refractivity contribution in [3.05, 3.63) is 53.5 Å². The second kappa shape index (κ2) is 6.20. The molecule has 122 valence electrons. The first kappa shape index (κ1) is 14.5. The summed E-state index contributed by atoms with van der Waals surface area (Å²) in [4.78, 5) is 20.7. The molecule has 3 N–H and O–H groups in total. The summed E-state index contributed by atoms with van der Waals surface area (Å²) in [6, 6.07) is 3.72. The highest BCUT2D eigenvalue weighted by molar-refractivity contribution is 5.94. The average molecular weight is 324 g/mol. The van der Waals surface area contributed by atoms with Crippen LogP contribution in [0.4, 0.5) is 0 Å². The first-order chi connectivity index (χ1) is 11.8. The van der Waals surface area contributed by atoms with Crippen LogP contribution in [0, 0.1) is 0 Å². The lowest BCUT2D eigenvalue weighted by Crippen LogP contribution is -2.28. The number of carbonyl (C=O) groups excluding carboxylic acids is 1. The zero-order valence-electron chi connectivity index (χ0n) is 12.9. The maximum atomic E-state index is 12.5. The smallest absolute Gasteiger partial charge is 0.272 e. The van der Waals surface area contributed by atoms with Crippen LogP contribution in [0.3, 0.4) is 0 Å². The number of aromatic nitrogens is 6. The topological polar surface area (TPSA) is 113 Å². The van der Waals surface area contributed by atoms with E-state index in [-0.39, 0.29) is 5.91 Å². The Hall–Kier alpha value is -3.07. The summed E-state index contributed by atoms with van der Waals surface area (Å²) in [6.45, 7) is 1.91. The zero-order valence-corrected chi connectivity index (χ0v) is 12.9. The van der Waals surface area contributed by atoms with E-state index in [0.717, 1.165) is 29.8 Å². The van der Waals surface area contributed by atoms with Gasteiger partial charge in [-0.3, -0.25) is 9.89 Å². The third kappa shape index (κ3) is 2.65. The summed E-state index contributed by atoms with van der Waals surface area (Å²) in [5.41, 5.74) is 3.30. The van der Waals surface area contributed by atoms with Crippen molar-refractivity contribution < 1.29 is 4.79 Å². The summed E-state index contributed by atoms with van der Waals surface area (Å²) < 4.78 is 1.57. The third-order valence-corrected chi connectivity index (χ3v) is 3.96. The predicted octanol–water partition coefficient (Wildman–Crippen LogP) is -0.0389. The largest absolute Gasteiger partial charge is 0.346 e. The van der Waals surface area contributed by atoms with Gasteiger partial charge in [-0.25, -0.2) is 14.6 Å². The van der Waals surface area contributed by atoms with E-state index in [9.17, 15) is 4.79 Å². The van der Waals surface area contributed by atoms with E-state index in [1.165, 1.54) is 6.33 Å². The maximum Gasteiger partial charge on any atom is 0.272 e. The van der Waals surface area contributed by atoms with Gasteiger partial charge in [-0.2, -0.15) is 10.2 Å². The van der Waals surface area contributed by atoms with E-state index in [2.05, 4.69) is 35.9 Å². The van der Waals surface area contributed by atoms with Crippen molar-refractivity contribution in [3.63, 3.8) is 0 Å². The second-order valence-electron chi connectivity index (χ2n) is 5.46. The minimum absolute atomic E-state index is 0.192. The van der Waals surface area contributed by atoms with E-state index in [1.807, 2.05) is 12.1 Å². The molecule has 0 spiro atoms. The molecule has 3 aromatic rings. The van der Waals surface area contributed by atoms with Crippen LogP contribution in [0.25, 0.3) is 5.82 Å². The molecular weight excluding hydrogens is 308 g/mol. The molecule has 4 heterocycles. The Kier molecular flexibility index (Phi) is 3.75. The lowest BCUT2D eigenvalue weighted by molar-refractivity contribution is 0.0945. The van der Waals surface area contributed by atoms with Gasteiger partial charge < -0.3 is 10.6 Å². The van der Waals surface area contributed by atoms with Crippen molar-refractivity contribution in [2.45, 2.75) is 19.5 Å². The number of hydrogen-bond acceptors (Lipinski definition) is 6. The van der Waals surface area contributed by atoms with Crippen LogP contribution in [0.15, 0.2) is 31.0 Å². The minimum Gasteiger partial charge on any atom is -0.346 e. The number of rotatable bonds is 4. The summed E-state index contributed by atoms with van der Waals surface area (Å²) in [5, 5.41) is 17.3. The van der Waals surface area contributed by atoms with E-state index < -0.39 is 0 Å². The van der Waals surface area contributed by atoms with Crippen LogP contribution < -0.4 is 10.6 Å². The number of fused-ring (bicyclic) bond motifs is 1. The molecule has 0 atom stereocenters. The quantitative estimate of drug-likeness (QED) is 0.621. The highest BCUT2D eigenvalue weighted by Gasteiger charge is 2.21. The van der Waals surface area contributed by atoms with Crippen LogP contribution >= 0.6 is 0 Å². The Morgan fingerprint density at radius 3 is 3.25 bits per heavy atom. The molecule has 9 heteroatoms. The van der Waals surface area contributed by atoms with Gasteiger partial charge in [-0.05, 0) is 19.0 Å². The molecule has 4 rings (SSSR count). The molecule has 1 aliphatic heterocycles. The monoisotopic (exact) mass is 324 g/mol. The summed E-state index contributed by atoms with van der Waals surface area (Å²) in [7, 11) is 0. The average Bonchev–Trinajstić information content (AvgIpc) is 3.29. The molecule has 0 fully saturated rings. The van der Waals surface area contributed by atoms with Crippen LogP contribution in [-0.2, 0) is 19.5 Å². The maximum absolute atomic E-state index is 12.5. The molecule has 0 unspecified atom stereocenters. The number of hydrogen-bond donors (Lipinski definition) is 3. The molecule has 0 saturated heterocycles. The number of aromatic amines is 1. The fourth-order valence-electron chi connectivity index (χ4n) is 2.78. The van der Waals surface area contributed by atoms with Crippen molar-refractivity contribution in [1.82, 2.24) is 40.6 Å². The van der Waals surface area contributed by atoms with Crippen LogP contribution in [0.5, 0.6) is 0 Å². The van der Waals surface area contributed by atoms with Gasteiger partial charge in [-0.1, -0.05) is 6.07 Å². The van der Waals surface area contributed by atoms with Gasteiger partial charge in [0.2, 0.25) is 0 Å². The van der Waals surface area contributed by atoms with Crippen molar-refractivity contribution in [3.8, 4) is 5.82 Å². The predicted molar refractivity (Wildman–Crippen MR) is 84.3 cm³/mol. The molecule has 1 aliphatic rings. The normalized spacial score (nSPS) is 13.5. The van der Waals surface area contributed by atoms with Gasteiger partial charge in [0, 0.05) is 30.4 Å².